The molecule has 2 aromatic carbocycles. The summed E-state index contributed by atoms with van der Waals surface area (Å²) in [6.07, 6.45) is -2.33. The number of carbonyl (C=O) groups excluding carboxylic acids is 2. The zero-order valence-electron chi connectivity index (χ0n) is 22.1. The lowest BCUT2D eigenvalue weighted by Gasteiger charge is -2.30. The molecule has 0 radical (unpaired) electrons. The van der Waals surface area contributed by atoms with E-state index in [1.807, 2.05) is 74.5 Å². The van der Waals surface area contributed by atoms with Crippen molar-refractivity contribution >= 4 is 11.9 Å². The van der Waals surface area contributed by atoms with Crippen LogP contribution in [0, 0.1) is 11.8 Å². The Morgan fingerprint density at radius 3 is 1.89 bits per heavy atom. The molecule has 0 fully saturated rings. The Morgan fingerprint density at radius 2 is 1.42 bits per heavy atom. The maximum atomic E-state index is 13.4. The summed E-state index contributed by atoms with van der Waals surface area (Å²) in [7, 11) is 0. The molecular weight excluding hydrogens is 456 g/mol. The van der Waals surface area contributed by atoms with Crippen molar-refractivity contribution in [3.05, 3.63) is 71.8 Å². The first-order valence-corrected chi connectivity index (χ1v) is 12.6. The average Bonchev–Trinajstić information content (AvgIpc) is 2.81. The fourth-order valence-electron chi connectivity index (χ4n) is 4.06. The number of carbonyl (C=O) groups is 2. The van der Waals surface area contributed by atoms with Gasteiger partial charge in [0.1, 0.15) is 11.7 Å². The molecule has 0 heterocycles. The first-order chi connectivity index (χ1) is 16.9. The molecule has 0 bridgehead atoms. The van der Waals surface area contributed by atoms with E-state index in [1.54, 1.807) is 20.8 Å². The summed E-state index contributed by atoms with van der Waals surface area (Å²) in [5.74, 6) is -1.19. The molecule has 2 rings (SSSR count). The van der Waals surface area contributed by atoms with E-state index >= 15 is 0 Å². The number of nitrogens with two attached hydrogens (primary N) is 1. The Hall–Kier alpha value is -2.74. The second kappa shape index (κ2) is 13.5. The summed E-state index contributed by atoms with van der Waals surface area (Å²) in [4.78, 5) is 25.9. The molecule has 0 aliphatic heterocycles. The lowest BCUT2D eigenvalue weighted by molar-refractivity contribution is -0.134. The van der Waals surface area contributed by atoms with Crippen molar-refractivity contribution in [3.8, 4) is 0 Å². The van der Waals surface area contributed by atoms with Gasteiger partial charge in [0.2, 0.25) is 0 Å². The number of alkyl carbamates (subject to hydrolysis) is 1. The Morgan fingerprint density at radius 1 is 0.917 bits per heavy atom. The summed E-state index contributed by atoms with van der Waals surface area (Å²) in [5.41, 5.74) is 7.24. The Bertz CT molecular complexity index is 943. The molecule has 7 nitrogen and oxygen atoms in total. The normalized spacial score (nSPS) is 16.0. The van der Waals surface area contributed by atoms with Crippen molar-refractivity contribution in [2.24, 2.45) is 17.6 Å². The van der Waals surface area contributed by atoms with E-state index in [0.29, 0.717) is 12.8 Å². The number of ketones is 1. The van der Waals surface area contributed by atoms with E-state index in [4.69, 9.17) is 10.5 Å². The van der Waals surface area contributed by atoms with Crippen LogP contribution in [0.1, 0.15) is 52.2 Å². The van der Waals surface area contributed by atoms with Crippen molar-refractivity contribution in [3.63, 3.8) is 0 Å². The molecule has 0 aliphatic carbocycles. The SMILES string of the molecule is CC(C)[C@@H](N)C(O)C(=O)C(Cc1ccccc1)CC(O)C(Cc1ccccc1)NC(=O)OC(C)(C)C. The van der Waals surface area contributed by atoms with Crippen LogP contribution in [0.25, 0.3) is 0 Å². The quantitative estimate of drug-likeness (QED) is 0.354. The number of benzene rings is 2. The predicted molar refractivity (Wildman–Crippen MR) is 141 cm³/mol. The minimum atomic E-state index is -1.35. The van der Waals surface area contributed by atoms with Crippen molar-refractivity contribution in [1.29, 1.82) is 0 Å². The number of nitrogens with one attached hydrogen (secondary N) is 1. The third kappa shape index (κ3) is 9.72. The van der Waals surface area contributed by atoms with Crippen LogP contribution < -0.4 is 11.1 Å². The fourth-order valence-corrected chi connectivity index (χ4v) is 4.06. The summed E-state index contributed by atoms with van der Waals surface area (Å²) in [5, 5.41) is 24.8. The van der Waals surface area contributed by atoms with Crippen molar-refractivity contribution < 1.29 is 24.5 Å². The molecule has 7 heteroatoms. The molecule has 0 aliphatic rings. The summed E-state index contributed by atoms with van der Waals surface area (Å²) in [6, 6.07) is 17.5. The van der Waals surface area contributed by atoms with Crippen LogP contribution in [0.15, 0.2) is 60.7 Å². The number of rotatable bonds is 12. The molecule has 198 valence electrons. The van der Waals surface area contributed by atoms with Gasteiger partial charge in [-0.3, -0.25) is 4.79 Å². The molecule has 2 aromatic rings. The first-order valence-electron chi connectivity index (χ1n) is 12.6. The van der Waals surface area contributed by atoms with Crippen molar-refractivity contribution in [2.45, 2.75) is 83.8 Å². The van der Waals surface area contributed by atoms with Crippen LogP contribution in [0.3, 0.4) is 0 Å². The molecule has 0 spiro atoms. The molecule has 0 saturated carbocycles. The summed E-state index contributed by atoms with van der Waals surface area (Å²) < 4.78 is 5.42. The minimum absolute atomic E-state index is 0.0445. The largest absolute Gasteiger partial charge is 0.444 e. The number of amides is 1. The van der Waals surface area contributed by atoms with E-state index < -0.39 is 47.7 Å². The molecule has 5 atom stereocenters. The smallest absolute Gasteiger partial charge is 0.407 e. The zero-order chi connectivity index (χ0) is 26.9. The molecule has 5 N–H and O–H groups in total. The van der Waals surface area contributed by atoms with Crippen molar-refractivity contribution in [1.82, 2.24) is 5.32 Å². The number of hydrogen-bond acceptors (Lipinski definition) is 6. The molecule has 0 aromatic heterocycles. The third-order valence-electron chi connectivity index (χ3n) is 6.14. The number of hydrogen-bond donors (Lipinski definition) is 4. The Balaban J connectivity index is 2.28. The molecule has 1 amide bonds. The van der Waals surface area contributed by atoms with Gasteiger partial charge in [0.15, 0.2) is 5.78 Å². The first kappa shape index (κ1) is 29.5. The van der Waals surface area contributed by atoms with Gasteiger partial charge in [-0.05, 0) is 57.1 Å². The highest BCUT2D eigenvalue weighted by atomic mass is 16.6. The van der Waals surface area contributed by atoms with Crippen LogP contribution in [0.5, 0.6) is 0 Å². The summed E-state index contributed by atoms with van der Waals surface area (Å²) >= 11 is 0. The van der Waals surface area contributed by atoms with Crippen LogP contribution in [-0.2, 0) is 22.4 Å². The number of aliphatic hydroxyl groups is 2. The van der Waals surface area contributed by atoms with Gasteiger partial charge in [-0.25, -0.2) is 4.79 Å². The van der Waals surface area contributed by atoms with Gasteiger partial charge in [-0.15, -0.1) is 0 Å². The number of Topliss-reactive ketones (excluding diaryl/α,β-unsaturated/α-hetero) is 1. The minimum Gasteiger partial charge on any atom is -0.444 e. The second-order valence-corrected chi connectivity index (χ2v) is 10.8. The topological polar surface area (TPSA) is 122 Å². The van der Waals surface area contributed by atoms with Gasteiger partial charge >= 0.3 is 6.09 Å². The van der Waals surface area contributed by atoms with Gasteiger partial charge in [0.25, 0.3) is 0 Å². The molecule has 4 unspecified atom stereocenters. The maximum Gasteiger partial charge on any atom is 0.407 e. The third-order valence-corrected chi connectivity index (χ3v) is 6.14. The van der Waals surface area contributed by atoms with Crippen LogP contribution in [0.2, 0.25) is 0 Å². The lowest BCUT2D eigenvalue weighted by Crippen LogP contribution is -2.50. The van der Waals surface area contributed by atoms with E-state index in [0.717, 1.165) is 11.1 Å². The summed E-state index contributed by atoms with van der Waals surface area (Å²) in [6.45, 7) is 9.00. The Labute approximate surface area is 215 Å². The average molecular weight is 499 g/mol. The van der Waals surface area contributed by atoms with Gasteiger partial charge < -0.3 is 26.0 Å². The van der Waals surface area contributed by atoms with E-state index in [-0.39, 0.29) is 12.3 Å². The van der Waals surface area contributed by atoms with E-state index in [1.165, 1.54) is 0 Å². The highest BCUT2D eigenvalue weighted by molar-refractivity contribution is 5.86. The maximum absolute atomic E-state index is 13.4. The van der Waals surface area contributed by atoms with Crippen LogP contribution in [-0.4, -0.2) is 52.0 Å². The highest BCUT2D eigenvalue weighted by Crippen LogP contribution is 2.22. The van der Waals surface area contributed by atoms with Gasteiger partial charge in [0.05, 0.1) is 12.1 Å². The van der Waals surface area contributed by atoms with E-state index in [2.05, 4.69) is 5.32 Å². The van der Waals surface area contributed by atoms with Crippen LogP contribution >= 0.6 is 0 Å². The molecule has 0 saturated heterocycles. The van der Waals surface area contributed by atoms with Gasteiger partial charge in [-0.1, -0.05) is 74.5 Å². The lowest BCUT2D eigenvalue weighted by atomic mass is 9.82. The van der Waals surface area contributed by atoms with Crippen LogP contribution in [0.4, 0.5) is 4.79 Å². The fraction of sp³-hybridized carbons (Fsp3) is 0.517. The molecular formula is C29H42N2O5. The second-order valence-electron chi connectivity index (χ2n) is 10.8. The number of aliphatic hydroxyl groups excluding tert-OH is 2. The van der Waals surface area contributed by atoms with Gasteiger partial charge in [-0.2, -0.15) is 0 Å². The van der Waals surface area contributed by atoms with E-state index in [9.17, 15) is 19.8 Å². The van der Waals surface area contributed by atoms with Crippen molar-refractivity contribution in [2.75, 3.05) is 0 Å². The molecule has 36 heavy (non-hydrogen) atoms. The monoisotopic (exact) mass is 498 g/mol. The Kier molecular flexibility index (Phi) is 11.1. The van der Waals surface area contributed by atoms with Gasteiger partial charge in [0, 0.05) is 12.0 Å². The standard InChI is InChI=1S/C29H42N2O5/c1-19(2)25(30)27(34)26(33)22(16-20-12-8-6-9-13-20)18-24(32)23(17-21-14-10-7-11-15-21)31-28(35)36-29(3,4)5/h6-15,19,22-25,27,32,34H,16-18,30H2,1-5H3,(H,31,35)/t22?,23?,24?,25-,27?/m1/s1. The zero-order valence-corrected chi connectivity index (χ0v) is 22.1. The predicted octanol–water partition coefficient (Wildman–Crippen LogP) is 3.65. The number of ether oxygens (including phenoxy) is 1. The highest BCUT2D eigenvalue weighted by Gasteiger charge is 2.35.